The number of hydrogen-bond donors (Lipinski definition) is 2. The molecule has 0 bridgehead atoms. The molecule has 4 rings (SSSR count). The van der Waals surface area contributed by atoms with Gasteiger partial charge in [-0.15, -0.1) is 0 Å². The standard InChI is InChI=1S/C19H19N5O3S2/c1-3-24-15-8-7-12(29(20,26)27)9-14(15)21-19(24)28-10-16-22-17-11(2)5-4-6-13(17)18(25)23-16/h4-9H,3,10H2,1-2H3,(H2,20,26,27)(H,22,23,25). The molecule has 0 atom stereocenters. The molecule has 0 fully saturated rings. The van der Waals surface area contributed by atoms with Crippen molar-refractivity contribution in [1.29, 1.82) is 0 Å². The number of fused-ring (bicyclic) bond motifs is 2. The quantitative estimate of drug-likeness (QED) is 0.470. The lowest BCUT2D eigenvalue weighted by atomic mass is 10.1. The van der Waals surface area contributed by atoms with Gasteiger partial charge in [-0.2, -0.15) is 0 Å². The molecule has 0 aliphatic rings. The Balaban J connectivity index is 1.70. The molecule has 0 radical (unpaired) electrons. The first-order valence-corrected chi connectivity index (χ1v) is 11.5. The zero-order chi connectivity index (χ0) is 20.8. The predicted molar refractivity (Wildman–Crippen MR) is 113 cm³/mol. The van der Waals surface area contributed by atoms with Crippen LogP contribution < -0.4 is 10.7 Å². The molecule has 10 heteroatoms. The van der Waals surface area contributed by atoms with Gasteiger partial charge in [-0.25, -0.2) is 23.5 Å². The van der Waals surface area contributed by atoms with Gasteiger partial charge in [0.1, 0.15) is 5.82 Å². The van der Waals surface area contributed by atoms with Crippen molar-refractivity contribution in [3.8, 4) is 0 Å². The third kappa shape index (κ3) is 3.66. The third-order valence-corrected chi connectivity index (χ3v) is 6.55. The Bertz CT molecular complexity index is 1410. The summed E-state index contributed by atoms with van der Waals surface area (Å²) in [5.41, 5.74) is 2.83. The van der Waals surface area contributed by atoms with E-state index in [-0.39, 0.29) is 10.5 Å². The molecule has 0 saturated carbocycles. The SMILES string of the molecule is CCn1c(SCc2nc3c(C)cccc3c(=O)[nH]2)nc2cc(S(N)(=O)=O)ccc21. The summed E-state index contributed by atoms with van der Waals surface area (Å²) in [4.78, 5) is 24.4. The maximum atomic E-state index is 12.4. The van der Waals surface area contributed by atoms with Crippen molar-refractivity contribution in [2.75, 3.05) is 0 Å². The van der Waals surface area contributed by atoms with E-state index >= 15 is 0 Å². The van der Waals surface area contributed by atoms with Gasteiger partial charge in [0.15, 0.2) is 5.16 Å². The van der Waals surface area contributed by atoms with Crippen molar-refractivity contribution in [3.63, 3.8) is 0 Å². The van der Waals surface area contributed by atoms with Crippen LogP contribution in [0.2, 0.25) is 0 Å². The summed E-state index contributed by atoms with van der Waals surface area (Å²) in [6, 6.07) is 10.2. The summed E-state index contributed by atoms with van der Waals surface area (Å²) >= 11 is 1.43. The van der Waals surface area contributed by atoms with Crippen LogP contribution in [0, 0.1) is 6.92 Å². The minimum absolute atomic E-state index is 0.0262. The van der Waals surface area contributed by atoms with Gasteiger partial charge in [0.25, 0.3) is 5.56 Å². The number of nitrogens with two attached hydrogens (primary N) is 1. The summed E-state index contributed by atoms with van der Waals surface area (Å²) in [6.07, 6.45) is 0. The van der Waals surface area contributed by atoms with Crippen molar-refractivity contribution in [1.82, 2.24) is 19.5 Å². The Morgan fingerprint density at radius 2 is 2.00 bits per heavy atom. The topological polar surface area (TPSA) is 124 Å². The number of nitrogens with zero attached hydrogens (tertiary/aromatic N) is 3. The average molecular weight is 430 g/mol. The second-order valence-corrected chi connectivity index (χ2v) is 9.11. The van der Waals surface area contributed by atoms with Crippen LogP contribution in [0.25, 0.3) is 21.9 Å². The third-order valence-electron chi connectivity index (χ3n) is 4.65. The number of benzene rings is 2. The second-order valence-electron chi connectivity index (χ2n) is 6.61. The van der Waals surface area contributed by atoms with Crippen LogP contribution in [0.15, 0.2) is 51.2 Å². The van der Waals surface area contributed by atoms with Gasteiger partial charge in [-0.1, -0.05) is 23.9 Å². The summed E-state index contributed by atoms with van der Waals surface area (Å²) in [7, 11) is -3.80. The first kappa shape index (κ1) is 19.6. The summed E-state index contributed by atoms with van der Waals surface area (Å²) < 4.78 is 25.2. The largest absolute Gasteiger partial charge is 0.319 e. The summed E-state index contributed by atoms with van der Waals surface area (Å²) in [5.74, 6) is 0.979. The number of thioether (sulfide) groups is 1. The van der Waals surface area contributed by atoms with Crippen molar-refractivity contribution in [2.24, 2.45) is 5.14 Å². The van der Waals surface area contributed by atoms with Crippen molar-refractivity contribution >= 4 is 43.7 Å². The maximum Gasteiger partial charge on any atom is 0.258 e. The van der Waals surface area contributed by atoms with Crippen LogP contribution in [0.5, 0.6) is 0 Å². The Labute approximate surface area is 171 Å². The smallest absolute Gasteiger partial charge is 0.258 e. The zero-order valence-corrected chi connectivity index (χ0v) is 17.5. The zero-order valence-electron chi connectivity index (χ0n) is 15.8. The number of imidazole rings is 1. The molecule has 150 valence electrons. The Hall–Kier alpha value is -2.69. The molecule has 2 aromatic heterocycles. The number of aromatic nitrogens is 4. The lowest BCUT2D eigenvalue weighted by molar-refractivity contribution is 0.598. The first-order chi connectivity index (χ1) is 13.8. The number of sulfonamides is 1. The van der Waals surface area contributed by atoms with Gasteiger partial charge < -0.3 is 9.55 Å². The molecule has 0 aliphatic heterocycles. The van der Waals surface area contributed by atoms with Gasteiger partial charge in [-0.05, 0) is 43.7 Å². The molecule has 0 spiro atoms. The van der Waals surface area contributed by atoms with Crippen LogP contribution in [0.3, 0.4) is 0 Å². The normalized spacial score (nSPS) is 12.1. The highest BCUT2D eigenvalue weighted by Gasteiger charge is 2.15. The minimum Gasteiger partial charge on any atom is -0.319 e. The summed E-state index contributed by atoms with van der Waals surface area (Å²) in [5, 5.41) is 6.50. The highest BCUT2D eigenvalue weighted by atomic mass is 32.2. The Kier molecular flexibility index (Phi) is 4.93. The van der Waals surface area contributed by atoms with Crippen LogP contribution in [0.1, 0.15) is 18.3 Å². The van der Waals surface area contributed by atoms with E-state index in [9.17, 15) is 13.2 Å². The Morgan fingerprint density at radius 3 is 2.72 bits per heavy atom. The molecule has 8 nitrogen and oxygen atoms in total. The van der Waals surface area contributed by atoms with Crippen molar-refractivity contribution in [3.05, 3.63) is 58.1 Å². The first-order valence-electron chi connectivity index (χ1n) is 8.92. The number of aromatic amines is 1. The van der Waals surface area contributed by atoms with E-state index in [1.54, 1.807) is 12.1 Å². The van der Waals surface area contributed by atoms with E-state index in [0.29, 0.717) is 39.7 Å². The number of nitrogens with one attached hydrogen (secondary N) is 1. The molecule has 29 heavy (non-hydrogen) atoms. The number of H-pyrrole nitrogens is 1. The predicted octanol–water partition coefficient (Wildman–Crippen LogP) is 2.54. The van der Waals surface area contributed by atoms with Gasteiger partial charge >= 0.3 is 0 Å². The summed E-state index contributed by atoms with van der Waals surface area (Å²) in [6.45, 7) is 4.57. The van der Waals surface area contributed by atoms with Gasteiger partial charge in [-0.3, -0.25) is 4.79 Å². The Morgan fingerprint density at radius 1 is 1.21 bits per heavy atom. The fourth-order valence-electron chi connectivity index (χ4n) is 3.23. The number of para-hydroxylation sites is 1. The molecule has 0 unspecified atom stereocenters. The van der Waals surface area contributed by atoms with Crippen LogP contribution in [-0.2, 0) is 22.3 Å². The molecule has 3 N–H and O–H groups in total. The van der Waals surface area contributed by atoms with E-state index in [2.05, 4.69) is 15.0 Å². The number of hydrogen-bond acceptors (Lipinski definition) is 6. The van der Waals surface area contributed by atoms with E-state index in [4.69, 9.17) is 5.14 Å². The molecular formula is C19H19N5O3S2. The average Bonchev–Trinajstić information content (AvgIpc) is 3.03. The molecule has 0 aliphatic carbocycles. The monoisotopic (exact) mass is 429 g/mol. The van der Waals surface area contributed by atoms with Crippen LogP contribution in [0.4, 0.5) is 0 Å². The van der Waals surface area contributed by atoms with E-state index in [0.717, 1.165) is 11.1 Å². The van der Waals surface area contributed by atoms with Gasteiger partial charge in [0.05, 0.1) is 32.6 Å². The number of rotatable bonds is 5. The fourth-order valence-corrected chi connectivity index (χ4v) is 4.72. The fraction of sp³-hybridized carbons (Fsp3) is 0.211. The van der Waals surface area contributed by atoms with Crippen LogP contribution >= 0.6 is 11.8 Å². The highest BCUT2D eigenvalue weighted by Crippen LogP contribution is 2.27. The molecular weight excluding hydrogens is 410 g/mol. The van der Waals surface area contributed by atoms with Crippen LogP contribution in [-0.4, -0.2) is 27.9 Å². The van der Waals surface area contributed by atoms with Gasteiger partial charge in [0.2, 0.25) is 10.0 Å². The van der Waals surface area contributed by atoms with E-state index in [1.165, 1.54) is 23.9 Å². The van der Waals surface area contributed by atoms with E-state index < -0.39 is 10.0 Å². The second kappa shape index (κ2) is 7.29. The van der Waals surface area contributed by atoms with Gasteiger partial charge in [0, 0.05) is 6.54 Å². The molecule has 2 aromatic carbocycles. The molecule has 0 saturated heterocycles. The number of primary sulfonamides is 1. The van der Waals surface area contributed by atoms with Crippen molar-refractivity contribution in [2.45, 2.75) is 36.2 Å². The molecule has 4 aromatic rings. The number of aryl methyl sites for hydroxylation is 2. The van der Waals surface area contributed by atoms with E-state index in [1.807, 2.05) is 30.5 Å². The maximum absolute atomic E-state index is 12.4. The minimum atomic E-state index is -3.80. The molecule has 0 amide bonds. The lowest BCUT2D eigenvalue weighted by Gasteiger charge is -2.07. The van der Waals surface area contributed by atoms with Crippen molar-refractivity contribution < 1.29 is 8.42 Å². The highest BCUT2D eigenvalue weighted by molar-refractivity contribution is 7.98. The lowest BCUT2D eigenvalue weighted by Crippen LogP contribution is -2.12. The molecule has 2 heterocycles.